The van der Waals surface area contributed by atoms with Crippen LogP contribution < -0.4 is 5.73 Å². The van der Waals surface area contributed by atoms with Crippen molar-refractivity contribution in [2.24, 2.45) is 5.73 Å². The standard InChI is InChI=1S/C11H12N4/c1-8-2-4-13-10(6-8)11-14-5-3-9(7-12)15-11/h2-6H,7,12H2,1H3. The molecule has 0 bridgehead atoms. The molecule has 0 unspecified atom stereocenters. The molecule has 2 heterocycles. The molecule has 0 radical (unpaired) electrons. The van der Waals surface area contributed by atoms with Gasteiger partial charge in [0.05, 0.1) is 5.69 Å². The van der Waals surface area contributed by atoms with Gasteiger partial charge in [-0.15, -0.1) is 0 Å². The average molecular weight is 200 g/mol. The molecule has 0 saturated carbocycles. The molecule has 0 aliphatic heterocycles. The van der Waals surface area contributed by atoms with Crippen molar-refractivity contribution in [2.45, 2.75) is 13.5 Å². The molecule has 2 N–H and O–H groups in total. The van der Waals surface area contributed by atoms with E-state index in [4.69, 9.17) is 5.73 Å². The van der Waals surface area contributed by atoms with E-state index in [1.807, 2.05) is 19.1 Å². The lowest BCUT2D eigenvalue weighted by Crippen LogP contribution is -2.02. The van der Waals surface area contributed by atoms with Crippen molar-refractivity contribution < 1.29 is 0 Å². The highest BCUT2D eigenvalue weighted by molar-refractivity contribution is 5.49. The summed E-state index contributed by atoms with van der Waals surface area (Å²) in [4.78, 5) is 12.7. The normalized spacial score (nSPS) is 10.3. The Morgan fingerprint density at radius 2 is 2.00 bits per heavy atom. The van der Waals surface area contributed by atoms with Crippen molar-refractivity contribution in [1.82, 2.24) is 15.0 Å². The Bertz CT molecular complexity index is 468. The lowest BCUT2D eigenvalue weighted by molar-refractivity contribution is 0.964. The van der Waals surface area contributed by atoms with Gasteiger partial charge < -0.3 is 5.73 Å². The molecule has 0 aliphatic carbocycles. The maximum absolute atomic E-state index is 5.52. The van der Waals surface area contributed by atoms with Crippen molar-refractivity contribution in [3.63, 3.8) is 0 Å². The number of aryl methyl sites for hydroxylation is 1. The zero-order chi connectivity index (χ0) is 10.7. The highest BCUT2D eigenvalue weighted by Crippen LogP contribution is 2.12. The fourth-order valence-electron chi connectivity index (χ4n) is 1.29. The second-order valence-electron chi connectivity index (χ2n) is 3.29. The molecule has 15 heavy (non-hydrogen) atoms. The Morgan fingerprint density at radius 1 is 1.20 bits per heavy atom. The molecular weight excluding hydrogens is 188 g/mol. The molecule has 0 aromatic carbocycles. The predicted molar refractivity (Wildman–Crippen MR) is 57.9 cm³/mol. The summed E-state index contributed by atoms with van der Waals surface area (Å²) in [6, 6.07) is 5.70. The highest BCUT2D eigenvalue weighted by atomic mass is 14.9. The van der Waals surface area contributed by atoms with Crippen LogP contribution in [0.5, 0.6) is 0 Å². The monoisotopic (exact) mass is 200 g/mol. The second-order valence-corrected chi connectivity index (χ2v) is 3.29. The number of aromatic nitrogens is 3. The van der Waals surface area contributed by atoms with Gasteiger partial charge in [0.1, 0.15) is 5.69 Å². The summed E-state index contributed by atoms with van der Waals surface area (Å²) < 4.78 is 0. The molecule has 2 aromatic rings. The Kier molecular flexibility index (Phi) is 2.69. The smallest absolute Gasteiger partial charge is 0.178 e. The first kappa shape index (κ1) is 9.73. The first-order chi connectivity index (χ1) is 7.29. The van der Waals surface area contributed by atoms with E-state index in [1.165, 1.54) is 0 Å². The van der Waals surface area contributed by atoms with Gasteiger partial charge in [0.15, 0.2) is 5.82 Å². The van der Waals surface area contributed by atoms with Crippen LogP contribution in [0.4, 0.5) is 0 Å². The molecule has 0 atom stereocenters. The third kappa shape index (κ3) is 2.16. The summed E-state index contributed by atoms with van der Waals surface area (Å²) >= 11 is 0. The summed E-state index contributed by atoms with van der Waals surface area (Å²) in [5.74, 6) is 0.627. The number of nitrogens with zero attached hydrogens (tertiary/aromatic N) is 3. The van der Waals surface area contributed by atoms with E-state index in [9.17, 15) is 0 Å². The number of rotatable bonds is 2. The number of pyridine rings is 1. The fraction of sp³-hybridized carbons (Fsp3) is 0.182. The Morgan fingerprint density at radius 3 is 2.73 bits per heavy atom. The molecular formula is C11H12N4. The molecule has 4 nitrogen and oxygen atoms in total. The van der Waals surface area contributed by atoms with E-state index in [0.29, 0.717) is 12.4 Å². The summed E-state index contributed by atoms with van der Waals surface area (Å²) in [6.45, 7) is 2.43. The van der Waals surface area contributed by atoms with Gasteiger partial charge in [-0.3, -0.25) is 4.98 Å². The minimum atomic E-state index is 0.418. The van der Waals surface area contributed by atoms with E-state index < -0.39 is 0 Å². The third-order valence-electron chi connectivity index (χ3n) is 2.07. The summed E-state index contributed by atoms with van der Waals surface area (Å²) in [5.41, 5.74) is 8.26. The van der Waals surface area contributed by atoms with Crippen LogP contribution in [0.15, 0.2) is 30.6 Å². The van der Waals surface area contributed by atoms with Crippen molar-refractivity contribution in [3.05, 3.63) is 41.9 Å². The van der Waals surface area contributed by atoms with Crippen LogP contribution in [-0.2, 0) is 6.54 Å². The van der Waals surface area contributed by atoms with E-state index in [2.05, 4.69) is 15.0 Å². The second kappa shape index (κ2) is 4.14. The zero-order valence-corrected chi connectivity index (χ0v) is 8.51. The molecule has 0 aliphatic rings. The maximum atomic E-state index is 5.52. The summed E-state index contributed by atoms with van der Waals surface area (Å²) in [6.07, 6.45) is 3.46. The van der Waals surface area contributed by atoms with Crippen LogP contribution in [0.25, 0.3) is 11.5 Å². The van der Waals surface area contributed by atoms with Crippen LogP contribution in [0.2, 0.25) is 0 Å². The molecule has 0 saturated heterocycles. The minimum absolute atomic E-state index is 0.418. The van der Waals surface area contributed by atoms with Gasteiger partial charge in [0.25, 0.3) is 0 Å². The Labute approximate surface area is 88.2 Å². The van der Waals surface area contributed by atoms with Crippen molar-refractivity contribution in [3.8, 4) is 11.5 Å². The largest absolute Gasteiger partial charge is 0.325 e. The first-order valence-electron chi connectivity index (χ1n) is 4.74. The lowest BCUT2D eigenvalue weighted by Gasteiger charge is -2.01. The summed E-state index contributed by atoms with van der Waals surface area (Å²) in [7, 11) is 0. The van der Waals surface area contributed by atoms with Crippen LogP contribution >= 0.6 is 0 Å². The maximum Gasteiger partial charge on any atom is 0.178 e. The molecule has 0 amide bonds. The number of hydrogen-bond donors (Lipinski definition) is 1. The first-order valence-corrected chi connectivity index (χ1v) is 4.74. The van der Waals surface area contributed by atoms with Gasteiger partial charge in [0.2, 0.25) is 0 Å². The molecule has 2 rings (SSSR count). The molecule has 2 aromatic heterocycles. The molecule has 76 valence electrons. The van der Waals surface area contributed by atoms with Crippen molar-refractivity contribution in [1.29, 1.82) is 0 Å². The van der Waals surface area contributed by atoms with Gasteiger partial charge in [-0.25, -0.2) is 9.97 Å². The van der Waals surface area contributed by atoms with Crippen LogP contribution in [0.3, 0.4) is 0 Å². The van der Waals surface area contributed by atoms with E-state index in [0.717, 1.165) is 17.0 Å². The quantitative estimate of drug-likeness (QED) is 0.793. The topological polar surface area (TPSA) is 64.7 Å². The molecule has 0 fully saturated rings. The Balaban J connectivity index is 2.44. The number of nitrogens with two attached hydrogens (primary N) is 1. The zero-order valence-electron chi connectivity index (χ0n) is 8.51. The van der Waals surface area contributed by atoms with Gasteiger partial charge in [-0.2, -0.15) is 0 Å². The predicted octanol–water partition coefficient (Wildman–Crippen LogP) is 1.31. The number of hydrogen-bond acceptors (Lipinski definition) is 4. The van der Waals surface area contributed by atoms with Gasteiger partial charge in [-0.1, -0.05) is 0 Å². The van der Waals surface area contributed by atoms with Crippen LogP contribution in [-0.4, -0.2) is 15.0 Å². The van der Waals surface area contributed by atoms with Crippen molar-refractivity contribution in [2.75, 3.05) is 0 Å². The summed E-state index contributed by atoms with van der Waals surface area (Å²) in [5, 5.41) is 0. The van der Waals surface area contributed by atoms with E-state index >= 15 is 0 Å². The Hall–Kier alpha value is -1.81. The van der Waals surface area contributed by atoms with Crippen molar-refractivity contribution >= 4 is 0 Å². The van der Waals surface area contributed by atoms with Gasteiger partial charge in [0, 0.05) is 18.9 Å². The highest BCUT2D eigenvalue weighted by Gasteiger charge is 2.03. The van der Waals surface area contributed by atoms with Crippen LogP contribution in [0, 0.1) is 6.92 Å². The van der Waals surface area contributed by atoms with Gasteiger partial charge in [-0.05, 0) is 30.7 Å². The third-order valence-corrected chi connectivity index (χ3v) is 2.07. The SMILES string of the molecule is Cc1ccnc(-c2nccc(CN)n2)c1. The minimum Gasteiger partial charge on any atom is -0.325 e. The lowest BCUT2D eigenvalue weighted by atomic mass is 10.2. The molecule has 0 spiro atoms. The molecule has 4 heteroatoms. The fourth-order valence-corrected chi connectivity index (χ4v) is 1.29. The van der Waals surface area contributed by atoms with Crippen LogP contribution in [0.1, 0.15) is 11.3 Å². The van der Waals surface area contributed by atoms with Gasteiger partial charge >= 0.3 is 0 Å². The average Bonchev–Trinajstić information content (AvgIpc) is 2.29. The van der Waals surface area contributed by atoms with E-state index in [1.54, 1.807) is 18.5 Å². The van der Waals surface area contributed by atoms with E-state index in [-0.39, 0.29) is 0 Å².